The Bertz CT molecular complexity index is 1220. The Kier molecular flexibility index (Phi) is 4.29. The van der Waals surface area contributed by atoms with Crippen LogP contribution in [-0.4, -0.2) is 34.7 Å². The summed E-state index contributed by atoms with van der Waals surface area (Å²) < 4.78 is 8.83. The Morgan fingerprint density at radius 1 is 1.16 bits per heavy atom. The number of benzene rings is 2. The minimum absolute atomic E-state index is 0.0579. The van der Waals surface area contributed by atoms with Crippen LogP contribution in [0.1, 0.15) is 51.6 Å². The van der Waals surface area contributed by atoms with Crippen LogP contribution in [0.25, 0.3) is 22.2 Å². The Morgan fingerprint density at radius 2 is 2.00 bits per heavy atom. The summed E-state index contributed by atoms with van der Waals surface area (Å²) in [5.41, 5.74) is 7.03. The van der Waals surface area contributed by atoms with Gasteiger partial charge in [-0.05, 0) is 54.7 Å². The number of fused-ring (bicyclic) bond motifs is 2. The number of hydrogen-bond acceptors (Lipinski definition) is 4. The zero-order chi connectivity index (χ0) is 22.0. The van der Waals surface area contributed by atoms with Gasteiger partial charge in [0.1, 0.15) is 17.4 Å². The van der Waals surface area contributed by atoms with E-state index in [0.717, 1.165) is 34.5 Å². The number of anilines is 1. The molecule has 3 heterocycles. The fourth-order valence-electron chi connectivity index (χ4n) is 5.15. The molecule has 6 rings (SSSR count). The van der Waals surface area contributed by atoms with Crippen molar-refractivity contribution in [3.8, 4) is 16.9 Å². The topological polar surface area (TPSA) is 68.2 Å². The van der Waals surface area contributed by atoms with Gasteiger partial charge in [0.2, 0.25) is 5.91 Å². The molecule has 2 N–H and O–H groups in total. The van der Waals surface area contributed by atoms with Crippen LogP contribution in [0.4, 0.5) is 5.69 Å². The van der Waals surface area contributed by atoms with Crippen LogP contribution in [-0.2, 0) is 10.2 Å². The van der Waals surface area contributed by atoms with Gasteiger partial charge in [0.15, 0.2) is 0 Å². The van der Waals surface area contributed by atoms with Crippen LogP contribution in [0.15, 0.2) is 36.7 Å². The van der Waals surface area contributed by atoms with Crippen molar-refractivity contribution in [1.82, 2.24) is 14.9 Å². The van der Waals surface area contributed by atoms with Crippen molar-refractivity contribution in [1.29, 1.82) is 0 Å². The standard InChI is InChI=1S/C26H30N4O2/c1-15(18-11-24(31)27-12-18)32-23-10-17(9-22-25(23)30(14-29-22)19-5-6-19)16-4-7-20-21(8-16)28-13-26(20,2)3/h4,7-10,14-15,18-19,28H,5-6,11-13H2,1-3H3,(H,27,31)/t15-,18-/m1/s1. The quantitative estimate of drug-likeness (QED) is 0.619. The number of nitrogens with one attached hydrogen (secondary N) is 2. The molecule has 6 nitrogen and oxygen atoms in total. The first-order chi connectivity index (χ1) is 15.4. The molecule has 1 saturated heterocycles. The average Bonchev–Trinajstić information content (AvgIpc) is 3.23. The molecule has 0 spiro atoms. The second-order valence-electron chi connectivity index (χ2n) is 10.3. The molecule has 1 saturated carbocycles. The van der Waals surface area contributed by atoms with Crippen molar-refractivity contribution in [3.63, 3.8) is 0 Å². The first kappa shape index (κ1) is 19.6. The van der Waals surface area contributed by atoms with Crippen LogP contribution < -0.4 is 15.4 Å². The molecule has 166 valence electrons. The third kappa shape index (κ3) is 3.24. The predicted molar refractivity (Wildman–Crippen MR) is 126 cm³/mol. The number of rotatable bonds is 5. The normalized spacial score (nSPS) is 22.5. The highest BCUT2D eigenvalue weighted by Gasteiger charge is 2.32. The van der Waals surface area contributed by atoms with Crippen molar-refractivity contribution < 1.29 is 9.53 Å². The van der Waals surface area contributed by atoms with E-state index in [4.69, 9.17) is 9.72 Å². The van der Waals surface area contributed by atoms with Crippen LogP contribution in [0.5, 0.6) is 5.75 Å². The summed E-state index contributed by atoms with van der Waals surface area (Å²) in [6.45, 7) is 8.26. The molecular formula is C26H30N4O2. The van der Waals surface area contributed by atoms with E-state index in [9.17, 15) is 4.79 Å². The first-order valence-corrected chi connectivity index (χ1v) is 11.7. The average molecular weight is 431 g/mol. The number of carbonyl (C=O) groups excluding carboxylic acids is 1. The molecule has 1 aromatic heterocycles. The SMILES string of the molecule is C[C@@H](Oc1cc(-c2ccc3c(c2)NCC3(C)C)cc2ncn(C3CC3)c12)[C@H]1CNC(=O)C1. The van der Waals surface area contributed by atoms with E-state index in [1.54, 1.807) is 0 Å². The van der Waals surface area contributed by atoms with Crippen molar-refractivity contribution >= 4 is 22.6 Å². The third-order valence-electron chi connectivity index (χ3n) is 7.36. The smallest absolute Gasteiger partial charge is 0.220 e. The Morgan fingerprint density at radius 3 is 2.75 bits per heavy atom. The lowest BCUT2D eigenvalue weighted by atomic mass is 9.86. The zero-order valence-corrected chi connectivity index (χ0v) is 18.9. The fraction of sp³-hybridized carbons (Fsp3) is 0.462. The van der Waals surface area contributed by atoms with Gasteiger partial charge < -0.3 is 19.9 Å². The molecule has 6 heteroatoms. The van der Waals surface area contributed by atoms with Gasteiger partial charge in [-0.25, -0.2) is 4.98 Å². The van der Waals surface area contributed by atoms with Gasteiger partial charge in [-0.2, -0.15) is 0 Å². The predicted octanol–water partition coefficient (Wildman–Crippen LogP) is 4.64. The molecule has 2 fully saturated rings. The summed E-state index contributed by atoms with van der Waals surface area (Å²) in [4.78, 5) is 16.5. The van der Waals surface area contributed by atoms with Crippen molar-refractivity contribution in [2.75, 3.05) is 18.4 Å². The van der Waals surface area contributed by atoms with Gasteiger partial charge in [-0.15, -0.1) is 0 Å². The summed E-state index contributed by atoms with van der Waals surface area (Å²) >= 11 is 0. The van der Waals surface area contributed by atoms with Gasteiger partial charge in [-0.1, -0.05) is 26.0 Å². The summed E-state index contributed by atoms with van der Waals surface area (Å²) in [6, 6.07) is 11.6. The van der Waals surface area contributed by atoms with Gasteiger partial charge in [-0.3, -0.25) is 4.79 Å². The molecule has 3 aliphatic rings. The van der Waals surface area contributed by atoms with E-state index in [-0.39, 0.29) is 23.3 Å². The molecule has 2 atom stereocenters. The van der Waals surface area contributed by atoms with Crippen LogP contribution in [0.2, 0.25) is 0 Å². The summed E-state index contributed by atoms with van der Waals surface area (Å²) in [5, 5.41) is 6.50. The molecule has 2 aromatic carbocycles. The van der Waals surface area contributed by atoms with Crippen LogP contribution >= 0.6 is 0 Å². The molecule has 2 aliphatic heterocycles. The van der Waals surface area contributed by atoms with Crippen molar-refractivity contribution in [2.45, 2.75) is 57.6 Å². The number of hydrogen-bond donors (Lipinski definition) is 2. The number of imidazole rings is 1. The molecule has 0 unspecified atom stereocenters. The zero-order valence-electron chi connectivity index (χ0n) is 18.9. The van der Waals surface area contributed by atoms with Crippen LogP contribution in [0, 0.1) is 5.92 Å². The number of nitrogens with zero attached hydrogens (tertiary/aromatic N) is 2. The number of carbonyl (C=O) groups is 1. The van der Waals surface area contributed by atoms with E-state index >= 15 is 0 Å². The molecule has 1 aliphatic carbocycles. The maximum Gasteiger partial charge on any atom is 0.220 e. The lowest BCUT2D eigenvalue weighted by Gasteiger charge is -2.21. The summed E-state index contributed by atoms with van der Waals surface area (Å²) in [6.07, 6.45) is 4.80. The molecule has 32 heavy (non-hydrogen) atoms. The maximum atomic E-state index is 11.7. The maximum absolute atomic E-state index is 11.7. The van der Waals surface area contributed by atoms with E-state index in [0.29, 0.717) is 19.0 Å². The highest BCUT2D eigenvalue weighted by Crippen LogP contribution is 2.43. The second kappa shape index (κ2) is 6.99. The Balaban J connectivity index is 1.41. The number of amides is 1. The highest BCUT2D eigenvalue weighted by molar-refractivity contribution is 5.89. The minimum atomic E-state index is -0.0579. The Labute approximate surface area is 188 Å². The van der Waals surface area contributed by atoms with Gasteiger partial charge >= 0.3 is 0 Å². The summed E-state index contributed by atoms with van der Waals surface area (Å²) in [5.74, 6) is 1.16. The summed E-state index contributed by atoms with van der Waals surface area (Å²) in [7, 11) is 0. The van der Waals surface area contributed by atoms with E-state index in [1.807, 2.05) is 6.33 Å². The van der Waals surface area contributed by atoms with E-state index < -0.39 is 0 Å². The monoisotopic (exact) mass is 430 g/mol. The fourth-order valence-corrected chi connectivity index (χ4v) is 5.15. The number of ether oxygens (including phenoxy) is 1. The third-order valence-corrected chi connectivity index (χ3v) is 7.36. The lowest BCUT2D eigenvalue weighted by Crippen LogP contribution is -2.25. The first-order valence-electron chi connectivity index (χ1n) is 11.7. The van der Waals surface area contributed by atoms with E-state index in [1.165, 1.54) is 24.1 Å². The lowest BCUT2D eigenvalue weighted by molar-refractivity contribution is -0.119. The Hall–Kier alpha value is -3.02. The molecule has 1 amide bonds. The number of aromatic nitrogens is 2. The largest absolute Gasteiger partial charge is 0.488 e. The minimum Gasteiger partial charge on any atom is -0.488 e. The highest BCUT2D eigenvalue weighted by atomic mass is 16.5. The molecular weight excluding hydrogens is 400 g/mol. The van der Waals surface area contributed by atoms with Gasteiger partial charge in [0.25, 0.3) is 0 Å². The molecule has 0 bridgehead atoms. The van der Waals surface area contributed by atoms with Crippen molar-refractivity contribution in [2.24, 2.45) is 5.92 Å². The van der Waals surface area contributed by atoms with E-state index in [2.05, 4.69) is 66.3 Å². The molecule has 0 radical (unpaired) electrons. The molecule has 3 aromatic rings. The van der Waals surface area contributed by atoms with Crippen molar-refractivity contribution in [3.05, 3.63) is 42.2 Å². The van der Waals surface area contributed by atoms with Crippen LogP contribution in [0.3, 0.4) is 0 Å². The van der Waals surface area contributed by atoms with Gasteiger partial charge in [0.05, 0.1) is 11.8 Å². The van der Waals surface area contributed by atoms with Gasteiger partial charge in [0, 0.05) is 42.6 Å². The second-order valence-corrected chi connectivity index (χ2v) is 10.3.